The molecule has 2 rings (SSSR count). The highest BCUT2D eigenvalue weighted by Crippen LogP contribution is 2.40. The monoisotopic (exact) mass is 174 g/mol. The normalized spacial score (nSPS) is 15.7. The number of amidine groups is 1. The van der Waals surface area contributed by atoms with Crippen LogP contribution in [-0.4, -0.2) is 5.84 Å². The SMILES string of the molecule is N=C(N)Cc1cccc(C2CC2)c1. The van der Waals surface area contributed by atoms with E-state index in [4.69, 9.17) is 11.1 Å². The average molecular weight is 174 g/mol. The minimum Gasteiger partial charge on any atom is -0.387 e. The third kappa shape index (κ3) is 2.08. The van der Waals surface area contributed by atoms with Crippen LogP contribution in [0.1, 0.15) is 29.9 Å². The zero-order valence-electron chi connectivity index (χ0n) is 7.59. The van der Waals surface area contributed by atoms with Gasteiger partial charge in [0.2, 0.25) is 0 Å². The molecule has 0 saturated heterocycles. The number of benzene rings is 1. The molecule has 0 bridgehead atoms. The van der Waals surface area contributed by atoms with Gasteiger partial charge in [0.15, 0.2) is 0 Å². The van der Waals surface area contributed by atoms with Gasteiger partial charge in [-0.1, -0.05) is 24.3 Å². The summed E-state index contributed by atoms with van der Waals surface area (Å²) in [7, 11) is 0. The van der Waals surface area contributed by atoms with Crippen molar-refractivity contribution >= 4 is 5.84 Å². The Labute approximate surface area is 78.3 Å². The van der Waals surface area contributed by atoms with Gasteiger partial charge in [0.1, 0.15) is 0 Å². The molecule has 1 fully saturated rings. The van der Waals surface area contributed by atoms with Gasteiger partial charge < -0.3 is 5.73 Å². The molecule has 0 spiro atoms. The van der Waals surface area contributed by atoms with Crippen LogP contribution < -0.4 is 5.73 Å². The van der Waals surface area contributed by atoms with Gasteiger partial charge in [-0.05, 0) is 29.9 Å². The van der Waals surface area contributed by atoms with Gasteiger partial charge in [-0.15, -0.1) is 0 Å². The Morgan fingerprint density at radius 1 is 1.46 bits per heavy atom. The molecule has 13 heavy (non-hydrogen) atoms. The highest BCUT2D eigenvalue weighted by atomic mass is 14.7. The molecular weight excluding hydrogens is 160 g/mol. The third-order valence-corrected chi connectivity index (χ3v) is 2.39. The summed E-state index contributed by atoms with van der Waals surface area (Å²) in [6.45, 7) is 0. The van der Waals surface area contributed by atoms with Crippen LogP contribution in [0.25, 0.3) is 0 Å². The maximum Gasteiger partial charge on any atom is 0.0950 e. The lowest BCUT2D eigenvalue weighted by Gasteiger charge is -2.02. The summed E-state index contributed by atoms with van der Waals surface area (Å²) >= 11 is 0. The van der Waals surface area contributed by atoms with E-state index < -0.39 is 0 Å². The molecule has 0 radical (unpaired) electrons. The van der Waals surface area contributed by atoms with E-state index >= 15 is 0 Å². The Morgan fingerprint density at radius 3 is 2.85 bits per heavy atom. The first-order valence-corrected chi connectivity index (χ1v) is 4.67. The third-order valence-electron chi connectivity index (χ3n) is 2.39. The number of hydrogen-bond donors (Lipinski definition) is 2. The minimum atomic E-state index is 0.243. The first kappa shape index (κ1) is 8.30. The largest absolute Gasteiger partial charge is 0.387 e. The first-order chi connectivity index (χ1) is 6.25. The van der Waals surface area contributed by atoms with E-state index in [2.05, 4.69) is 18.2 Å². The van der Waals surface area contributed by atoms with Crippen LogP contribution >= 0.6 is 0 Å². The molecule has 0 unspecified atom stereocenters. The molecule has 1 aliphatic carbocycles. The summed E-state index contributed by atoms with van der Waals surface area (Å²) in [5.41, 5.74) is 7.93. The smallest absolute Gasteiger partial charge is 0.0950 e. The van der Waals surface area contributed by atoms with E-state index in [0.717, 1.165) is 11.5 Å². The topological polar surface area (TPSA) is 49.9 Å². The van der Waals surface area contributed by atoms with Crippen molar-refractivity contribution in [1.29, 1.82) is 5.41 Å². The van der Waals surface area contributed by atoms with Crippen molar-refractivity contribution in [3.8, 4) is 0 Å². The Kier molecular flexibility index (Phi) is 2.05. The highest BCUT2D eigenvalue weighted by molar-refractivity contribution is 5.79. The van der Waals surface area contributed by atoms with E-state index in [1.165, 1.54) is 18.4 Å². The van der Waals surface area contributed by atoms with Gasteiger partial charge in [-0.3, -0.25) is 5.41 Å². The first-order valence-electron chi connectivity index (χ1n) is 4.67. The Morgan fingerprint density at radius 2 is 2.23 bits per heavy atom. The van der Waals surface area contributed by atoms with Crippen LogP contribution in [0.15, 0.2) is 24.3 Å². The van der Waals surface area contributed by atoms with Gasteiger partial charge >= 0.3 is 0 Å². The lowest BCUT2D eigenvalue weighted by Crippen LogP contribution is -2.12. The fourth-order valence-electron chi connectivity index (χ4n) is 1.59. The van der Waals surface area contributed by atoms with Crippen LogP contribution in [0.5, 0.6) is 0 Å². The van der Waals surface area contributed by atoms with Crippen molar-refractivity contribution in [3.63, 3.8) is 0 Å². The quantitative estimate of drug-likeness (QED) is 0.534. The molecule has 0 heterocycles. The number of nitrogens with one attached hydrogen (secondary N) is 1. The molecule has 3 N–H and O–H groups in total. The standard InChI is InChI=1S/C11H14N2/c12-11(13)7-8-2-1-3-10(6-8)9-4-5-9/h1-3,6,9H,4-5,7H2,(H3,12,13). The van der Waals surface area contributed by atoms with Crippen molar-refractivity contribution in [1.82, 2.24) is 0 Å². The molecule has 1 saturated carbocycles. The molecule has 68 valence electrons. The molecule has 1 aromatic rings. The van der Waals surface area contributed by atoms with Crippen LogP contribution in [-0.2, 0) is 6.42 Å². The van der Waals surface area contributed by atoms with Crippen molar-refractivity contribution in [2.75, 3.05) is 0 Å². The second-order valence-electron chi connectivity index (χ2n) is 3.72. The van der Waals surface area contributed by atoms with E-state index in [1.807, 2.05) is 6.07 Å². The molecule has 0 aromatic heterocycles. The molecule has 1 aromatic carbocycles. The summed E-state index contributed by atoms with van der Waals surface area (Å²) < 4.78 is 0. The van der Waals surface area contributed by atoms with Crippen molar-refractivity contribution in [2.24, 2.45) is 5.73 Å². The predicted molar refractivity (Wildman–Crippen MR) is 54.0 cm³/mol. The zero-order chi connectivity index (χ0) is 9.26. The maximum absolute atomic E-state index is 7.20. The summed E-state index contributed by atoms with van der Waals surface area (Å²) in [6, 6.07) is 8.44. The summed E-state index contributed by atoms with van der Waals surface area (Å²) in [5, 5.41) is 7.20. The predicted octanol–water partition coefficient (Wildman–Crippen LogP) is 2.04. The minimum absolute atomic E-state index is 0.243. The second kappa shape index (κ2) is 3.21. The average Bonchev–Trinajstić information content (AvgIpc) is 2.85. The molecule has 0 aliphatic heterocycles. The zero-order valence-corrected chi connectivity index (χ0v) is 7.59. The molecule has 2 heteroatoms. The summed E-state index contributed by atoms with van der Waals surface area (Å²) in [4.78, 5) is 0. The molecular formula is C11H14N2. The highest BCUT2D eigenvalue weighted by Gasteiger charge is 2.23. The summed E-state index contributed by atoms with van der Waals surface area (Å²) in [5.74, 6) is 1.03. The van der Waals surface area contributed by atoms with E-state index in [9.17, 15) is 0 Å². The fourth-order valence-corrected chi connectivity index (χ4v) is 1.59. The number of rotatable bonds is 3. The van der Waals surface area contributed by atoms with Crippen molar-refractivity contribution in [2.45, 2.75) is 25.2 Å². The lowest BCUT2D eigenvalue weighted by molar-refractivity contribution is 1.11. The van der Waals surface area contributed by atoms with E-state index in [0.29, 0.717) is 6.42 Å². The molecule has 0 amide bonds. The van der Waals surface area contributed by atoms with Gasteiger partial charge in [0.05, 0.1) is 5.84 Å². The number of nitrogens with two attached hydrogens (primary N) is 1. The lowest BCUT2D eigenvalue weighted by atomic mass is 10.0. The van der Waals surface area contributed by atoms with Gasteiger partial charge in [-0.25, -0.2) is 0 Å². The van der Waals surface area contributed by atoms with E-state index in [1.54, 1.807) is 0 Å². The molecule has 1 aliphatic rings. The second-order valence-corrected chi connectivity index (χ2v) is 3.72. The van der Waals surface area contributed by atoms with Crippen molar-refractivity contribution < 1.29 is 0 Å². The molecule has 2 nitrogen and oxygen atoms in total. The van der Waals surface area contributed by atoms with Crippen molar-refractivity contribution in [3.05, 3.63) is 35.4 Å². The van der Waals surface area contributed by atoms with Gasteiger partial charge in [-0.2, -0.15) is 0 Å². The van der Waals surface area contributed by atoms with Gasteiger partial charge in [0.25, 0.3) is 0 Å². The number of hydrogen-bond acceptors (Lipinski definition) is 1. The van der Waals surface area contributed by atoms with Gasteiger partial charge in [0, 0.05) is 6.42 Å². The van der Waals surface area contributed by atoms with Crippen LogP contribution in [0.4, 0.5) is 0 Å². The molecule has 0 atom stereocenters. The Balaban J connectivity index is 2.16. The summed E-state index contributed by atoms with van der Waals surface area (Å²) in [6.07, 6.45) is 3.23. The maximum atomic E-state index is 7.20. The van der Waals surface area contributed by atoms with Crippen LogP contribution in [0.3, 0.4) is 0 Å². The van der Waals surface area contributed by atoms with E-state index in [-0.39, 0.29) is 5.84 Å². The Hall–Kier alpha value is -1.31. The van der Waals surface area contributed by atoms with Crippen LogP contribution in [0.2, 0.25) is 0 Å². The fraction of sp³-hybridized carbons (Fsp3) is 0.364. The van der Waals surface area contributed by atoms with Crippen LogP contribution in [0, 0.1) is 5.41 Å². The Bertz CT molecular complexity index is 327.